The van der Waals surface area contributed by atoms with Crippen LogP contribution in [0.4, 0.5) is 0 Å². The molecule has 0 radical (unpaired) electrons. The van der Waals surface area contributed by atoms with Crippen molar-refractivity contribution in [2.45, 2.75) is 0 Å². The zero-order chi connectivity index (χ0) is 17.8. The summed E-state index contributed by atoms with van der Waals surface area (Å²) in [7, 11) is 3.93. The lowest BCUT2D eigenvalue weighted by Crippen LogP contribution is -1.85. The van der Waals surface area contributed by atoms with Crippen LogP contribution in [0, 0.1) is 0 Å². The largest absolute Gasteiger partial charge is 0.350 e. The van der Waals surface area contributed by atoms with Crippen LogP contribution in [0.1, 0.15) is 0 Å². The van der Waals surface area contributed by atoms with Crippen LogP contribution in [0.15, 0.2) is 53.4 Å². The summed E-state index contributed by atoms with van der Waals surface area (Å²) in [5.74, 6) is 1.01. The normalized spacial score (nSPS) is 11.7. The zero-order valence-electron chi connectivity index (χ0n) is 14.1. The molecule has 7 heteroatoms. The maximum atomic E-state index is 6.17. The molecule has 0 amide bonds. The third-order valence-electron chi connectivity index (χ3n) is 4.58. The summed E-state index contributed by atoms with van der Waals surface area (Å²) in [6.07, 6.45) is 5.71. The standard InChI is InChI=1S/C19H14ClN5O/c1-24-9-14(13-8-11(20)5-6-16(13)24)17-22-19(26-23-17)15-10-25(2)18-12(15)4-3-7-21-18/h3-10H,1-2H3. The number of aromatic nitrogens is 5. The van der Waals surface area contributed by atoms with Gasteiger partial charge in [0, 0.05) is 59.6 Å². The van der Waals surface area contributed by atoms with Gasteiger partial charge in [-0.1, -0.05) is 16.8 Å². The van der Waals surface area contributed by atoms with Gasteiger partial charge in [0.1, 0.15) is 5.65 Å². The second kappa shape index (κ2) is 5.44. The lowest BCUT2D eigenvalue weighted by Gasteiger charge is -1.95. The van der Waals surface area contributed by atoms with Gasteiger partial charge in [-0.15, -0.1) is 0 Å². The minimum absolute atomic E-state index is 0.470. The van der Waals surface area contributed by atoms with Crippen LogP contribution in [0.2, 0.25) is 5.02 Å². The van der Waals surface area contributed by atoms with Crippen LogP contribution in [0.5, 0.6) is 0 Å². The topological polar surface area (TPSA) is 61.7 Å². The van der Waals surface area contributed by atoms with Gasteiger partial charge in [0.2, 0.25) is 5.82 Å². The minimum atomic E-state index is 0.470. The number of aryl methyl sites for hydroxylation is 2. The van der Waals surface area contributed by atoms with E-state index >= 15 is 0 Å². The molecule has 0 saturated carbocycles. The number of halogens is 1. The molecule has 0 aliphatic rings. The van der Waals surface area contributed by atoms with Crippen molar-refractivity contribution in [1.29, 1.82) is 0 Å². The first-order valence-corrected chi connectivity index (χ1v) is 8.49. The number of fused-ring (bicyclic) bond motifs is 2. The van der Waals surface area contributed by atoms with Gasteiger partial charge in [-0.05, 0) is 30.3 Å². The van der Waals surface area contributed by atoms with Crippen LogP contribution in [0.3, 0.4) is 0 Å². The van der Waals surface area contributed by atoms with Crippen molar-refractivity contribution in [3.05, 3.63) is 53.9 Å². The van der Waals surface area contributed by atoms with Gasteiger partial charge in [0.15, 0.2) is 0 Å². The van der Waals surface area contributed by atoms with Gasteiger partial charge >= 0.3 is 0 Å². The molecule has 4 aromatic heterocycles. The van der Waals surface area contributed by atoms with Crippen LogP contribution in [-0.4, -0.2) is 24.3 Å². The Kier molecular flexibility index (Phi) is 3.17. The molecule has 4 heterocycles. The number of nitrogens with zero attached hydrogens (tertiary/aromatic N) is 5. The second-order valence-corrected chi connectivity index (χ2v) is 6.70. The Balaban J connectivity index is 1.68. The summed E-state index contributed by atoms with van der Waals surface area (Å²) in [5, 5.41) is 6.85. The number of hydrogen-bond acceptors (Lipinski definition) is 4. The molecule has 128 valence electrons. The first kappa shape index (κ1) is 15.2. The monoisotopic (exact) mass is 363 g/mol. The molecular weight excluding hydrogens is 350 g/mol. The average molecular weight is 364 g/mol. The summed E-state index contributed by atoms with van der Waals surface area (Å²) >= 11 is 6.17. The fourth-order valence-corrected chi connectivity index (χ4v) is 3.54. The quantitative estimate of drug-likeness (QED) is 0.465. The molecule has 6 nitrogen and oxygen atoms in total. The van der Waals surface area contributed by atoms with Gasteiger partial charge in [-0.2, -0.15) is 4.98 Å². The number of pyridine rings is 1. The van der Waals surface area contributed by atoms with E-state index in [0.717, 1.165) is 33.1 Å². The van der Waals surface area contributed by atoms with Gasteiger partial charge < -0.3 is 13.7 Å². The first-order chi connectivity index (χ1) is 12.6. The third kappa shape index (κ3) is 2.16. The fraction of sp³-hybridized carbons (Fsp3) is 0.105. The van der Waals surface area contributed by atoms with E-state index in [2.05, 4.69) is 15.1 Å². The van der Waals surface area contributed by atoms with E-state index in [-0.39, 0.29) is 0 Å². The number of benzene rings is 1. The van der Waals surface area contributed by atoms with Gasteiger partial charge in [0.25, 0.3) is 5.89 Å². The molecule has 0 aliphatic heterocycles. The molecule has 0 unspecified atom stereocenters. The molecule has 0 saturated heterocycles. The van der Waals surface area contributed by atoms with E-state index in [1.807, 2.05) is 66.0 Å². The number of hydrogen-bond donors (Lipinski definition) is 0. The Hall–Kier alpha value is -3.12. The van der Waals surface area contributed by atoms with Crippen LogP contribution >= 0.6 is 11.6 Å². The Morgan fingerprint density at radius 2 is 1.85 bits per heavy atom. The first-order valence-electron chi connectivity index (χ1n) is 8.11. The fourth-order valence-electron chi connectivity index (χ4n) is 3.37. The highest BCUT2D eigenvalue weighted by molar-refractivity contribution is 6.31. The Morgan fingerprint density at radius 1 is 1.00 bits per heavy atom. The van der Waals surface area contributed by atoms with E-state index in [4.69, 9.17) is 16.1 Å². The summed E-state index contributed by atoms with van der Waals surface area (Å²) in [5.41, 5.74) is 3.69. The van der Waals surface area contributed by atoms with E-state index < -0.39 is 0 Å². The van der Waals surface area contributed by atoms with Gasteiger partial charge in [0.05, 0.1) is 5.56 Å². The highest BCUT2D eigenvalue weighted by Gasteiger charge is 2.19. The molecule has 26 heavy (non-hydrogen) atoms. The zero-order valence-corrected chi connectivity index (χ0v) is 14.9. The molecule has 0 bridgehead atoms. The SMILES string of the molecule is Cn1cc(-c2noc(-c3cn(C)c4ncccc34)n2)c2cc(Cl)ccc21. The molecule has 0 aliphatic carbocycles. The lowest BCUT2D eigenvalue weighted by molar-refractivity contribution is 0.432. The van der Waals surface area contributed by atoms with Crippen molar-refractivity contribution in [1.82, 2.24) is 24.3 Å². The summed E-state index contributed by atoms with van der Waals surface area (Å²) in [6, 6.07) is 9.68. The Bertz CT molecular complexity index is 1280. The van der Waals surface area contributed by atoms with E-state index in [0.29, 0.717) is 16.7 Å². The van der Waals surface area contributed by atoms with Crippen molar-refractivity contribution >= 4 is 33.5 Å². The maximum Gasteiger partial charge on any atom is 0.260 e. The molecule has 5 aromatic rings. The smallest absolute Gasteiger partial charge is 0.260 e. The molecule has 0 N–H and O–H groups in total. The molecule has 0 fully saturated rings. The number of rotatable bonds is 2. The van der Waals surface area contributed by atoms with Crippen LogP contribution < -0.4 is 0 Å². The van der Waals surface area contributed by atoms with E-state index in [1.54, 1.807) is 6.20 Å². The predicted octanol–water partition coefficient (Wildman–Crippen LogP) is 4.44. The van der Waals surface area contributed by atoms with Crippen molar-refractivity contribution in [2.75, 3.05) is 0 Å². The summed E-state index contributed by atoms with van der Waals surface area (Å²) in [6.45, 7) is 0. The Morgan fingerprint density at radius 3 is 2.73 bits per heavy atom. The molecule has 0 spiro atoms. The summed E-state index contributed by atoms with van der Waals surface area (Å²) in [4.78, 5) is 9.03. The van der Waals surface area contributed by atoms with Crippen molar-refractivity contribution in [3.63, 3.8) is 0 Å². The van der Waals surface area contributed by atoms with Crippen LogP contribution in [0.25, 0.3) is 44.8 Å². The Labute approximate surface area is 153 Å². The summed E-state index contributed by atoms with van der Waals surface area (Å²) < 4.78 is 9.55. The highest BCUT2D eigenvalue weighted by atomic mass is 35.5. The van der Waals surface area contributed by atoms with Crippen molar-refractivity contribution in [2.24, 2.45) is 14.1 Å². The second-order valence-electron chi connectivity index (χ2n) is 6.27. The van der Waals surface area contributed by atoms with E-state index in [9.17, 15) is 0 Å². The molecule has 0 atom stereocenters. The molecule has 1 aromatic carbocycles. The third-order valence-corrected chi connectivity index (χ3v) is 4.82. The lowest BCUT2D eigenvalue weighted by atomic mass is 10.1. The van der Waals surface area contributed by atoms with Gasteiger partial charge in [-0.25, -0.2) is 4.98 Å². The van der Waals surface area contributed by atoms with Crippen LogP contribution in [-0.2, 0) is 14.1 Å². The highest BCUT2D eigenvalue weighted by Crippen LogP contribution is 2.33. The molecular formula is C19H14ClN5O. The minimum Gasteiger partial charge on any atom is -0.350 e. The molecule has 5 rings (SSSR count). The van der Waals surface area contributed by atoms with Crippen molar-refractivity contribution in [3.8, 4) is 22.8 Å². The average Bonchev–Trinajstić information content (AvgIpc) is 3.32. The van der Waals surface area contributed by atoms with Gasteiger partial charge in [-0.3, -0.25) is 0 Å². The van der Waals surface area contributed by atoms with Crippen molar-refractivity contribution < 1.29 is 4.52 Å². The predicted molar refractivity (Wildman–Crippen MR) is 101 cm³/mol. The maximum absolute atomic E-state index is 6.17. The van der Waals surface area contributed by atoms with E-state index in [1.165, 1.54) is 0 Å².